The fourth-order valence-corrected chi connectivity index (χ4v) is 3.34. The van der Waals surface area contributed by atoms with Gasteiger partial charge in [0.1, 0.15) is 5.75 Å². The number of rotatable bonds is 5. The third-order valence-electron chi connectivity index (χ3n) is 4.79. The van der Waals surface area contributed by atoms with Crippen molar-refractivity contribution in [2.75, 3.05) is 24.7 Å². The second kappa shape index (κ2) is 7.87. The molecule has 1 aromatic carbocycles. The number of amides is 2. The molecular weight excluding hydrogens is 320 g/mol. The Hall–Kier alpha value is -2.08. The summed E-state index contributed by atoms with van der Waals surface area (Å²) in [6.07, 6.45) is 2.17. The van der Waals surface area contributed by atoms with Gasteiger partial charge in [-0.1, -0.05) is 26.0 Å². The van der Waals surface area contributed by atoms with E-state index in [1.165, 1.54) is 0 Å². The van der Waals surface area contributed by atoms with Gasteiger partial charge < -0.3 is 19.7 Å². The molecule has 2 aliphatic rings. The number of para-hydroxylation sites is 2. The minimum atomic E-state index is -0.113. The van der Waals surface area contributed by atoms with Gasteiger partial charge in [-0.15, -0.1) is 0 Å². The van der Waals surface area contributed by atoms with Crippen LogP contribution in [0.3, 0.4) is 0 Å². The Bertz CT molecular complexity index is 632. The zero-order valence-electron chi connectivity index (χ0n) is 14.9. The molecule has 1 fully saturated rings. The van der Waals surface area contributed by atoms with Crippen molar-refractivity contribution >= 4 is 17.5 Å². The van der Waals surface area contributed by atoms with Gasteiger partial charge in [-0.3, -0.25) is 9.59 Å². The van der Waals surface area contributed by atoms with Crippen LogP contribution in [-0.4, -0.2) is 43.7 Å². The van der Waals surface area contributed by atoms with E-state index in [1.807, 2.05) is 24.3 Å². The summed E-state index contributed by atoms with van der Waals surface area (Å²) in [5.41, 5.74) is 0.734. The maximum absolute atomic E-state index is 12.3. The first-order valence-electron chi connectivity index (χ1n) is 8.97. The molecule has 2 aliphatic heterocycles. The molecule has 3 rings (SSSR count). The van der Waals surface area contributed by atoms with Crippen molar-refractivity contribution in [1.29, 1.82) is 0 Å². The van der Waals surface area contributed by atoms with Gasteiger partial charge in [0, 0.05) is 25.6 Å². The lowest BCUT2D eigenvalue weighted by atomic mass is 9.95. The van der Waals surface area contributed by atoms with Gasteiger partial charge in [0.05, 0.1) is 11.8 Å². The molecule has 0 radical (unpaired) electrons. The van der Waals surface area contributed by atoms with Crippen LogP contribution in [0.2, 0.25) is 0 Å². The van der Waals surface area contributed by atoms with Gasteiger partial charge in [-0.25, -0.2) is 0 Å². The summed E-state index contributed by atoms with van der Waals surface area (Å²) in [6.45, 7) is 5.34. The van der Waals surface area contributed by atoms with Gasteiger partial charge in [0.15, 0.2) is 6.61 Å². The molecule has 0 bridgehead atoms. The third-order valence-corrected chi connectivity index (χ3v) is 4.79. The highest BCUT2D eigenvalue weighted by molar-refractivity contribution is 5.98. The average Bonchev–Trinajstić information content (AvgIpc) is 2.61. The number of benzene rings is 1. The minimum Gasteiger partial charge on any atom is -0.482 e. The summed E-state index contributed by atoms with van der Waals surface area (Å²) >= 11 is 0. The van der Waals surface area contributed by atoms with Gasteiger partial charge >= 0.3 is 0 Å². The predicted molar refractivity (Wildman–Crippen MR) is 94.6 cm³/mol. The molecule has 2 heterocycles. The van der Waals surface area contributed by atoms with Gasteiger partial charge in [0.2, 0.25) is 5.91 Å². The summed E-state index contributed by atoms with van der Waals surface area (Å²) in [7, 11) is 0. The monoisotopic (exact) mass is 346 g/mol. The largest absolute Gasteiger partial charge is 0.482 e. The van der Waals surface area contributed by atoms with Gasteiger partial charge in [-0.05, 0) is 30.9 Å². The summed E-state index contributed by atoms with van der Waals surface area (Å²) in [4.78, 5) is 26.1. The first kappa shape index (κ1) is 17.7. The Kier molecular flexibility index (Phi) is 5.58. The van der Waals surface area contributed by atoms with Crippen LogP contribution >= 0.6 is 0 Å². The van der Waals surface area contributed by atoms with E-state index in [0.29, 0.717) is 24.8 Å². The van der Waals surface area contributed by atoms with E-state index in [2.05, 4.69) is 19.2 Å². The number of anilines is 1. The topological polar surface area (TPSA) is 67.9 Å². The van der Waals surface area contributed by atoms with Crippen molar-refractivity contribution in [3.63, 3.8) is 0 Å². The van der Waals surface area contributed by atoms with E-state index < -0.39 is 0 Å². The van der Waals surface area contributed by atoms with E-state index in [4.69, 9.17) is 9.47 Å². The highest BCUT2D eigenvalue weighted by Crippen LogP contribution is 2.31. The first-order valence-corrected chi connectivity index (χ1v) is 8.97. The molecular formula is C19H26N2O4. The maximum atomic E-state index is 12.3. The normalized spacial score (nSPS) is 23.2. The highest BCUT2D eigenvalue weighted by Gasteiger charge is 2.28. The van der Waals surface area contributed by atoms with Crippen molar-refractivity contribution in [1.82, 2.24) is 5.32 Å². The van der Waals surface area contributed by atoms with Crippen LogP contribution in [0.4, 0.5) is 5.69 Å². The molecule has 0 saturated carbocycles. The Balaban J connectivity index is 1.53. The molecule has 6 nitrogen and oxygen atoms in total. The summed E-state index contributed by atoms with van der Waals surface area (Å²) in [5.74, 6) is 0.998. The van der Waals surface area contributed by atoms with Crippen molar-refractivity contribution in [2.24, 2.45) is 5.92 Å². The highest BCUT2D eigenvalue weighted by atomic mass is 16.5. The molecule has 2 atom stereocenters. The van der Waals surface area contributed by atoms with Crippen LogP contribution in [0.1, 0.15) is 33.1 Å². The molecule has 2 amide bonds. The number of carbonyl (C=O) groups is 2. The lowest BCUT2D eigenvalue weighted by Crippen LogP contribution is -2.45. The molecule has 0 spiro atoms. The number of hydrogen-bond donors (Lipinski definition) is 1. The SMILES string of the molecule is CC(C)[C@H]1C[C@H](NC(=O)CCN2C(=O)COc3ccccc32)CCO1. The average molecular weight is 346 g/mol. The van der Waals surface area contributed by atoms with Crippen molar-refractivity contribution < 1.29 is 19.1 Å². The standard InChI is InChI=1S/C19H26N2O4/c1-13(2)17-11-14(8-10-24-17)20-18(22)7-9-21-15-5-3-4-6-16(15)25-12-19(21)23/h3-6,13-14,17H,7-12H2,1-2H3,(H,20,22)/t14-,17-/m1/s1. The number of carbonyl (C=O) groups excluding carboxylic acids is 2. The van der Waals surface area contributed by atoms with Crippen LogP contribution in [0, 0.1) is 5.92 Å². The third kappa shape index (κ3) is 4.31. The lowest BCUT2D eigenvalue weighted by molar-refractivity contribution is -0.123. The van der Waals surface area contributed by atoms with Crippen molar-refractivity contribution in [3.8, 4) is 5.75 Å². The van der Waals surface area contributed by atoms with Crippen LogP contribution in [0.15, 0.2) is 24.3 Å². The number of hydrogen-bond acceptors (Lipinski definition) is 4. The van der Waals surface area contributed by atoms with Gasteiger partial charge in [0.25, 0.3) is 5.91 Å². The van der Waals surface area contributed by atoms with Crippen molar-refractivity contribution in [3.05, 3.63) is 24.3 Å². The second-order valence-electron chi connectivity index (χ2n) is 6.99. The molecule has 1 saturated heterocycles. The zero-order chi connectivity index (χ0) is 17.8. The van der Waals surface area contributed by atoms with E-state index in [1.54, 1.807) is 4.90 Å². The molecule has 0 unspecified atom stereocenters. The van der Waals surface area contributed by atoms with Crippen LogP contribution in [0.5, 0.6) is 5.75 Å². The Morgan fingerprint density at radius 3 is 2.96 bits per heavy atom. The Morgan fingerprint density at radius 2 is 2.16 bits per heavy atom. The number of nitrogens with zero attached hydrogens (tertiary/aromatic N) is 1. The molecule has 25 heavy (non-hydrogen) atoms. The van der Waals surface area contributed by atoms with Crippen LogP contribution < -0.4 is 15.0 Å². The van der Waals surface area contributed by atoms with E-state index in [9.17, 15) is 9.59 Å². The zero-order valence-corrected chi connectivity index (χ0v) is 14.9. The minimum absolute atomic E-state index is 0.0221. The Morgan fingerprint density at radius 1 is 1.36 bits per heavy atom. The first-order chi connectivity index (χ1) is 12.0. The van der Waals surface area contributed by atoms with E-state index in [-0.39, 0.29) is 37.0 Å². The summed E-state index contributed by atoms with van der Waals surface area (Å²) in [5, 5.41) is 3.09. The summed E-state index contributed by atoms with van der Waals surface area (Å²) in [6, 6.07) is 7.57. The molecule has 1 N–H and O–H groups in total. The van der Waals surface area contributed by atoms with Crippen molar-refractivity contribution in [2.45, 2.75) is 45.3 Å². The summed E-state index contributed by atoms with van der Waals surface area (Å²) < 4.78 is 11.2. The molecule has 0 aromatic heterocycles. The second-order valence-corrected chi connectivity index (χ2v) is 6.99. The molecule has 136 valence electrons. The quantitative estimate of drug-likeness (QED) is 0.887. The fraction of sp³-hybridized carbons (Fsp3) is 0.579. The maximum Gasteiger partial charge on any atom is 0.265 e. The predicted octanol–water partition coefficient (Wildman–Crippen LogP) is 2.12. The molecule has 0 aliphatic carbocycles. The van der Waals surface area contributed by atoms with E-state index >= 15 is 0 Å². The Labute approximate surface area is 148 Å². The smallest absolute Gasteiger partial charge is 0.265 e. The number of fused-ring (bicyclic) bond motifs is 1. The fourth-order valence-electron chi connectivity index (χ4n) is 3.34. The number of ether oxygens (including phenoxy) is 2. The van der Waals surface area contributed by atoms with Crippen LogP contribution in [-0.2, 0) is 14.3 Å². The number of nitrogens with one attached hydrogen (secondary N) is 1. The molecule has 1 aromatic rings. The lowest BCUT2D eigenvalue weighted by Gasteiger charge is -2.33. The molecule has 6 heteroatoms. The van der Waals surface area contributed by atoms with E-state index in [0.717, 1.165) is 18.5 Å². The van der Waals surface area contributed by atoms with Gasteiger partial charge in [-0.2, -0.15) is 0 Å². The van der Waals surface area contributed by atoms with Crippen LogP contribution in [0.25, 0.3) is 0 Å².